The van der Waals surface area contributed by atoms with Gasteiger partial charge in [-0.2, -0.15) is 0 Å². The van der Waals surface area contributed by atoms with Crippen LogP contribution in [0.25, 0.3) is 0 Å². The van der Waals surface area contributed by atoms with Gasteiger partial charge in [0.2, 0.25) is 5.91 Å². The van der Waals surface area contributed by atoms with Gasteiger partial charge in [0, 0.05) is 16.8 Å². The summed E-state index contributed by atoms with van der Waals surface area (Å²) in [7, 11) is 0. The van der Waals surface area contributed by atoms with Crippen LogP contribution in [0.4, 0.5) is 10.1 Å². The average molecular weight is 328 g/mol. The maximum absolute atomic E-state index is 13.5. The van der Waals surface area contributed by atoms with E-state index in [4.69, 9.17) is 11.6 Å². The molecule has 0 aliphatic rings. The van der Waals surface area contributed by atoms with Crippen molar-refractivity contribution in [1.29, 1.82) is 0 Å². The molecule has 21 heavy (non-hydrogen) atoms. The van der Waals surface area contributed by atoms with Crippen LogP contribution in [0.5, 0.6) is 0 Å². The smallest absolute Gasteiger partial charge is 0.251 e. The van der Waals surface area contributed by atoms with Gasteiger partial charge >= 0.3 is 0 Å². The SMILES string of the molecule is Cc1cc(=O)[nH]c(SCC(=O)Nc2ccc(Cl)cc2F)n1. The number of hydrogen-bond acceptors (Lipinski definition) is 4. The Morgan fingerprint density at radius 1 is 1.48 bits per heavy atom. The summed E-state index contributed by atoms with van der Waals surface area (Å²) in [6.45, 7) is 1.68. The standard InChI is InChI=1S/C13H11ClFN3O2S/c1-7-4-11(19)18-13(16-7)21-6-12(20)17-10-3-2-8(14)5-9(10)15/h2-5H,6H2,1H3,(H,17,20)(H,16,18,19). The molecule has 1 amide bonds. The van der Waals surface area contributed by atoms with Crippen molar-refractivity contribution in [3.63, 3.8) is 0 Å². The Hall–Kier alpha value is -1.86. The highest BCUT2D eigenvalue weighted by molar-refractivity contribution is 7.99. The molecule has 2 rings (SSSR count). The molecule has 0 saturated heterocycles. The fourth-order valence-electron chi connectivity index (χ4n) is 1.53. The lowest BCUT2D eigenvalue weighted by atomic mass is 10.3. The predicted octanol–water partition coefficient (Wildman–Crippen LogP) is 2.60. The highest BCUT2D eigenvalue weighted by atomic mass is 35.5. The van der Waals surface area contributed by atoms with E-state index < -0.39 is 11.7 Å². The van der Waals surface area contributed by atoms with Gasteiger partial charge in [-0.25, -0.2) is 9.37 Å². The van der Waals surface area contributed by atoms with Gasteiger partial charge in [-0.3, -0.25) is 9.59 Å². The Balaban J connectivity index is 1.97. The summed E-state index contributed by atoms with van der Waals surface area (Å²) in [4.78, 5) is 29.6. The Bertz CT molecular complexity index is 736. The summed E-state index contributed by atoms with van der Waals surface area (Å²) in [5.74, 6) is -1.03. The Labute approximate surface area is 128 Å². The van der Waals surface area contributed by atoms with Crippen LogP contribution in [0.1, 0.15) is 5.69 Å². The van der Waals surface area contributed by atoms with Gasteiger partial charge in [0.05, 0.1) is 11.4 Å². The number of aromatic amines is 1. The molecule has 0 bridgehead atoms. The molecule has 0 fully saturated rings. The molecule has 1 aromatic heterocycles. The van der Waals surface area contributed by atoms with Crippen LogP contribution in [0.3, 0.4) is 0 Å². The molecule has 5 nitrogen and oxygen atoms in total. The second kappa shape index (κ2) is 6.73. The second-order valence-corrected chi connectivity index (χ2v) is 5.55. The minimum absolute atomic E-state index is 0.00550. The summed E-state index contributed by atoms with van der Waals surface area (Å²) in [6, 6.07) is 5.33. The number of thioether (sulfide) groups is 1. The van der Waals surface area contributed by atoms with E-state index in [1.54, 1.807) is 6.92 Å². The van der Waals surface area contributed by atoms with Crippen LogP contribution >= 0.6 is 23.4 Å². The number of benzene rings is 1. The largest absolute Gasteiger partial charge is 0.323 e. The fraction of sp³-hybridized carbons (Fsp3) is 0.154. The lowest BCUT2D eigenvalue weighted by Gasteiger charge is -2.06. The molecule has 8 heteroatoms. The van der Waals surface area contributed by atoms with Crippen molar-refractivity contribution < 1.29 is 9.18 Å². The van der Waals surface area contributed by atoms with Crippen LogP contribution < -0.4 is 10.9 Å². The lowest BCUT2D eigenvalue weighted by Crippen LogP contribution is -2.16. The topological polar surface area (TPSA) is 74.8 Å². The highest BCUT2D eigenvalue weighted by Gasteiger charge is 2.09. The Morgan fingerprint density at radius 3 is 2.90 bits per heavy atom. The van der Waals surface area contributed by atoms with Gasteiger partial charge in [-0.1, -0.05) is 23.4 Å². The summed E-state index contributed by atoms with van der Waals surface area (Å²) in [6.07, 6.45) is 0. The summed E-state index contributed by atoms with van der Waals surface area (Å²) in [5, 5.41) is 3.01. The first-order valence-corrected chi connectivity index (χ1v) is 7.26. The number of H-pyrrole nitrogens is 1. The number of anilines is 1. The number of rotatable bonds is 4. The molecule has 1 heterocycles. The number of aromatic nitrogens is 2. The molecule has 0 radical (unpaired) electrons. The highest BCUT2D eigenvalue weighted by Crippen LogP contribution is 2.19. The van der Waals surface area contributed by atoms with Gasteiger partial charge in [0.15, 0.2) is 5.16 Å². The van der Waals surface area contributed by atoms with E-state index >= 15 is 0 Å². The van der Waals surface area contributed by atoms with Crippen LogP contribution in [0.2, 0.25) is 5.02 Å². The van der Waals surface area contributed by atoms with E-state index in [1.165, 1.54) is 18.2 Å². The number of halogens is 2. The van der Waals surface area contributed by atoms with Crippen molar-refractivity contribution in [1.82, 2.24) is 9.97 Å². The number of carbonyl (C=O) groups excluding carboxylic acids is 1. The van der Waals surface area contributed by atoms with Crippen molar-refractivity contribution in [2.75, 3.05) is 11.1 Å². The average Bonchev–Trinajstić information content (AvgIpc) is 2.39. The van der Waals surface area contributed by atoms with Crippen LogP contribution in [0.15, 0.2) is 34.2 Å². The molecular weight excluding hydrogens is 317 g/mol. The zero-order valence-electron chi connectivity index (χ0n) is 10.9. The third kappa shape index (κ3) is 4.57. The molecule has 0 aliphatic carbocycles. The van der Waals surface area contributed by atoms with Crippen molar-refractivity contribution in [2.45, 2.75) is 12.1 Å². The van der Waals surface area contributed by atoms with E-state index in [1.807, 2.05) is 0 Å². The van der Waals surface area contributed by atoms with Gasteiger partial charge in [-0.15, -0.1) is 0 Å². The van der Waals surface area contributed by atoms with Gasteiger partial charge < -0.3 is 10.3 Å². The molecule has 0 saturated carbocycles. The number of amides is 1. The van der Waals surface area contributed by atoms with E-state index in [2.05, 4.69) is 15.3 Å². The molecule has 2 N–H and O–H groups in total. The zero-order chi connectivity index (χ0) is 15.4. The van der Waals surface area contributed by atoms with E-state index in [0.29, 0.717) is 10.9 Å². The van der Waals surface area contributed by atoms with Crippen LogP contribution in [-0.4, -0.2) is 21.6 Å². The van der Waals surface area contributed by atoms with E-state index in [0.717, 1.165) is 17.8 Å². The van der Waals surface area contributed by atoms with Crippen molar-refractivity contribution >= 4 is 35.0 Å². The van der Waals surface area contributed by atoms with Gasteiger partial charge in [0.25, 0.3) is 5.56 Å². The lowest BCUT2D eigenvalue weighted by molar-refractivity contribution is -0.113. The summed E-state index contributed by atoms with van der Waals surface area (Å²) in [5.41, 5.74) is 0.329. The minimum Gasteiger partial charge on any atom is -0.323 e. The first-order valence-electron chi connectivity index (χ1n) is 5.90. The van der Waals surface area contributed by atoms with Crippen molar-refractivity contribution in [2.24, 2.45) is 0 Å². The van der Waals surface area contributed by atoms with Crippen molar-refractivity contribution in [3.05, 3.63) is 51.2 Å². The molecule has 0 atom stereocenters. The Morgan fingerprint density at radius 2 is 2.24 bits per heavy atom. The normalized spacial score (nSPS) is 10.4. The molecule has 0 aliphatic heterocycles. The molecule has 0 unspecified atom stereocenters. The monoisotopic (exact) mass is 327 g/mol. The number of nitrogens with one attached hydrogen (secondary N) is 2. The molecule has 110 valence electrons. The molecular formula is C13H11ClFN3O2S. The van der Waals surface area contributed by atoms with Crippen molar-refractivity contribution in [3.8, 4) is 0 Å². The van der Waals surface area contributed by atoms with Gasteiger partial charge in [-0.05, 0) is 25.1 Å². The third-order valence-electron chi connectivity index (χ3n) is 2.39. The maximum Gasteiger partial charge on any atom is 0.251 e. The van der Waals surface area contributed by atoms with Gasteiger partial charge in [0.1, 0.15) is 5.82 Å². The second-order valence-electron chi connectivity index (χ2n) is 4.15. The summed E-state index contributed by atoms with van der Waals surface area (Å²) >= 11 is 6.68. The number of aryl methyl sites for hydroxylation is 1. The number of hydrogen-bond donors (Lipinski definition) is 2. The van der Waals surface area contributed by atoms with Crippen LogP contribution in [-0.2, 0) is 4.79 Å². The predicted molar refractivity (Wildman–Crippen MR) is 80.4 cm³/mol. The minimum atomic E-state index is -0.608. The number of nitrogens with zero attached hydrogens (tertiary/aromatic N) is 1. The molecule has 0 spiro atoms. The Kier molecular flexibility index (Phi) is 4.98. The zero-order valence-corrected chi connectivity index (χ0v) is 12.5. The first-order chi connectivity index (χ1) is 9.94. The number of carbonyl (C=O) groups is 1. The first kappa shape index (κ1) is 15.5. The quantitative estimate of drug-likeness (QED) is 0.668. The fourth-order valence-corrected chi connectivity index (χ4v) is 2.41. The van der Waals surface area contributed by atoms with E-state index in [-0.39, 0.29) is 22.0 Å². The summed E-state index contributed by atoms with van der Waals surface area (Å²) < 4.78 is 13.5. The molecule has 1 aromatic carbocycles. The van der Waals surface area contributed by atoms with E-state index in [9.17, 15) is 14.0 Å². The van der Waals surface area contributed by atoms with Crippen LogP contribution in [0, 0.1) is 12.7 Å². The third-order valence-corrected chi connectivity index (χ3v) is 3.50. The maximum atomic E-state index is 13.5. The molecule has 2 aromatic rings.